The minimum Gasteiger partial charge on any atom is -0.443 e. The van der Waals surface area contributed by atoms with Crippen molar-refractivity contribution in [3.05, 3.63) is 59.2 Å². The number of fused-ring (bicyclic) bond motifs is 1. The Morgan fingerprint density at radius 1 is 1.21 bits per heavy atom. The minimum atomic E-state index is -0.645. The van der Waals surface area contributed by atoms with Crippen molar-refractivity contribution in [1.29, 1.82) is 0 Å². The number of hydrogen-bond donors (Lipinski definition) is 2. The molecule has 1 saturated carbocycles. The number of aliphatic hydroxyl groups is 1. The third-order valence-electron chi connectivity index (χ3n) is 5.45. The van der Waals surface area contributed by atoms with E-state index in [0.717, 1.165) is 36.0 Å². The maximum Gasteiger partial charge on any atom is 0.245 e. The van der Waals surface area contributed by atoms with Gasteiger partial charge in [0.25, 0.3) is 0 Å². The van der Waals surface area contributed by atoms with E-state index < -0.39 is 5.60 Å². The standard InChI is InChI=1S/C20H20N6O2/c1-12-16(18-22-9-10-28-18)24-19(21)26-17(12)23-15(25-26)11-13-3-5-14(6-4-13)20(27)7-2-8-20/h3-6,9-10,27H,2,7-8,11H2,1H3,(H2,21,24). The average molecular weight is 376 g/mol. The van der Waals surface area contributed by atoms with Crippen molar-refractivity contribution in [3.8, 4) is 11.6 Å². The summed E-state index contributed by atoms with van der Waals surface area (Å²) in [6.45, 7) is 1.90. The molecule has 0 amide bonds. The third-order valence-corrected chi connectivity index (χ3v) is 5.45. The van der Waals surface area contributed by atoms with Crippen LogP contribution in [0.3, 0.4) is 0 Å². The quantitative estimate of drug-likeness (QED) is 0.562. The van der Waals surface area contributed by atoms with E-state index in [0.29, 0.717) is 29.5 Å². The number of nitrogens with two attached hydrogens (primary N) is 1. The molecule has 1 aliphatic carbocycles. The summed E-state index contributed by atoms with van der Waals surface area (Å²) >= 11 is 0. The second-order valence-electron chi connectivity index (χ2n) is 7.30. The van der Waals surface area contributed by atoms with Gasteiger partial charge in [-0.3, -0.25) is 0 Å². The largest absolute Gasteiger partial charge is 0.443 e. The highest BCUT2D eigenvalue weighted by Gasteiger charge is 2.35. The van der Waals surface area contributed by atoms with Crippen LogP contribution in [0.4, 0.5) is 5.95 Å². The number of hydrogen-bond acceptors (Lipinski definition) is 7. The SMILES string of the molecule is Cc1c(-c2ncco2)nc(N)n2nc(Cc3ccc(C4(O)CCC4)cc3)nc12. The van der Waals surface area contributed by atoms with Crippen molar-refractivity contribution in [2.45, 2.75) is 38.2 Å². The number of oxazole rings is 1. The number of benzene rings is 1. The van der Waals surface area contributed by atoms with Crippen LogP contribution < -0.4 is 5.73 Å². The summed E-state index contributed by atoms with van der Waals surface area (Å²) in [7, 11) is 0. The molecule has 8 heteroatoms. The normalized spacial score (nSPS) is 15.6. The van der Waals surface area contributed by atoms with Gasteiger partial charge >= 0.3 is 0 Å². The topological polar surface area (TPSA) is 115 Å². The summed E-state index contributed by atoms with van der Waals surface area (Å²) in [5.41, 5.74) is 9.48. The Morgan fingerprint density at radius 3 is 2.64 bits per heavy atom. The molecule has 0 radical (unpaired) electrons. The number of nitrogen functional groups attached to an aromatic ring is 1. The lowest BCUT2D eigenvalue weighted by Gasteiger charge is -2.37. The monoisotopic (exact) mass is 376 g/mol. The van der Waals surface area contributed by atoms with Crippen LogP contribution in [0, 0.1) is 6.92 Å². The smallest absolute Gasteiger partial charge is 0.245 e. The molecule has 1 fully saturated rings. The van der Waals surface area contributed by atoms with Gasteiger partial charge in [0.2, 0.25) is 11.8 Å². The Labute approximate surface area is 161 Å². The van der Waals surface area contributed by atoms with Crippen LogP contribution >= 0.6 is 0 Å². The van der Waals surface area contributed by atoms with Crippen LogP contribution in [0.1, 0.15) is 41.8 Å². The van der Waals surface area contributed by atoms with Crippen LogP contribution in [0.5, 0.6) is 0 Å². The molecular formula is C20H20N6O2. The van der Waals surface area contributed by atoms with Crippen LogP contribution in [0.2, 0.25) is 0 Å². The van der Waals surface area contributed by atoms with E-state index in [1.165, 1.54) is 6.26 Å². The summed E-state index contributed by atoms with van der Waals surface area (Å²) in [5, 5.41) is 15.0. The molecule has 5 rings (SSSR count). The van der Waals surface area contributed by atoms with Crippen LogP contribution in [-0.2, 0) is 12.0 Å². The molecule has 0 atom stereocenters. The molecule has 0 bridgehead atoms. The zero-order valence-corrected chi connectivity index (χ0v) is 15.5. The first-order valence-electron chi connectivity index (χ1n) is 9.27. The third kappa shape index (κ3) is 2.65. The zero-order valence-electron chi connectivity index (χ0n) is 15.5. The van der Waals surface area contributed by atoms with E-state index in [4.69, 9.17) is 10.2 Å². The summed E-state index contributed by atoms with van der Waals surface area (Å²) < 4.78 is 6.90. The average Bonchev–Trinajstić information content (AvgIpc) is 3.34. The Balaban J connectivity index is 1.47. The molecule has 142 valence electrons. The van der Waals surface area contributed by atoms with Crippen molar-refractivity contribution in [2.75, 3.05) is 5.73 Å². The number of anilines is 1. The highest BCUT2D eigenvalue weighted by molar-refractivity contribution is 5.65. The first-order valence-corrected chi connectivity index (χ1v) is 9.27. The lowest BCUT2D eigenvalue weighted by molar-refractivity contribution is -0.0388. The fourth-order valence-electron chi connectivity index (χ4n) is 3.65. The first kappa shape index (κ1) is 16.9. The maximum atomic E-state index is 10.5. The second kappa shape index (κ2) is 6.13. The van der Waals surface area contributed by atoms with E-state index in [1.807, 2.05) is 31.2 Å². The van der Waals surface area contributed by atoms with E-state index >= 15 is 0 Å². The predicted molar refractivity (Wildman–Crippen MR) is 102 cm³/mol. The lowest BCUT2D eigenvalue weighted by Crippen LogP contribution is -2.33. The Bertz CT molecular complexity index is 1140. The van der Waals surface area contributed by atoms with Gasteiger partial charge < -0.3 is 15.3 Å². The van der Waals surface area contributed by atoms with Crippen molar-refractivity contribution in [2.24, 2.45) is 0 Å². The summed E-state index contributed by atoms with van der Waals surface area (Å²) in [6, 6.07) is 8.02. The van der Waals surface area contributed by atoms with Crippen LogP contribution in [0.15, 0.2) is 41.1 Å². The fraction of sp³-hybridized carbons (Fsp3) is 0.300. The maximum absolute atomic E-state index is 10.5. The Kier molecular flexibility index (Phi) is 3.70. The van der Waals surface area contributed by atoms with Gasteiger partial charge in [0.1, 0.15) is 12.0 Å². The van der Waals surface area contributed by atoms with Crippen LogP contribution in [0.25, 0.3) is 17.2 Å². The zero-order chi connectivity index (χ0) is 19.3. The van der Waals surface area contributed by atoms with E-state index in [9.17, 15) is 5.11 Å². The van der Waals surface area contributed by atoms with Crippen molar-refractivity contribution in [1.82, 2.24) is 24.6 Å². The second-order valence-corrected chi connectivity index (χ2v) is 7.30. The van der Waals surface area contributed by atoms with Gasteiger partial charge in [0.05, 0.1) is 11.8 Å². The van der Waals surface area contributed by atoms with Gasteiger partial charge in [0.15, 0.2) is 11.5 Å². The van der Waals surface area contributed by atoms with E-state index in [2.05, 4.69) is 20.1 Å². The van der Waals surface area contributed by atoms with Crippen molar-refractivity contribution >= 4 is 11.6 Å². The molecule has 0 spiro atoms. The molecule has 3 N–H and O–H groups in total. The molecule has 4 aromatic rings. The van der Waals surface area contributed by atoms with Gasteiger partial charge in [-0.1, -0.05) is 24.3 Å². The molecule has 0 saturated heterocycles. The van der Waals surface area contributed by atoms with Gasteiger partial charge in [-0.15, -0.1) is 5.10 Å². The van der Waals surface area contributed by atoms with E-state index in [1.54, 1.807) is 10.7 Å². The summed E-state index contributed by atoms with van der Waals surface area (Å²) in [5.74, 6) is 1.28. The molecule has 8 nitrogen and oxygen atoms in total. The molecular weight excluding hydrogens is 356 g/mol. The molecule has 1 aliphatic rings. The predicted octanol–water partition coefficient (Wildman–Crippen LogP) is 2.63. The molecule has 3 aromatic heterocycles. The first-order chi connectivity index (χ1) is 13.5. The molecule has 1 aromatic carbocycles. The molecule has 0 unspecified atom stereocenters. The Morgan fingerprint density at radius 2 is 2.00 bits per heavy atom. The van der Waals surface area contributed by atoms with Crippen molar-refractivity contribution in [3.63, 3.8) is 0 Å². The number of aromatic nitrogens is 5. The van der Waals surface area contributed by atoms with E-state index in [-0.39, 0.29) is 5.95 Å². The van der Waals surface area contributed by atoms with Gasteiger partial charge in [0, 0.05) is 12.0 Å². The molecule has 3 heterocycles. The van der Waals surface area contributed by atoms with Gasteiger partial charge in [-0.25, -0.2) is 15.0 Å². The number of nitrogens with zero attached hydrogens (tertiary/aromatic N) is 5. The number of aryl methyl sites for hydroxylation is 1. The van der Waals surface area contributed by atoms with Gasteiger partial charge in [-0.05, 0) is 37.3 Å². The Hall–Kier alpha value is -3.26. The highest BCUT2D eigenvalue weighted by atomic mass is 16.3. The fourth-order valence-corrected chi connectivity index (χ4v) is 3.65. The molecule has 28 heavy (non-hydrogen) atoms. The summed E-state index contributed by atoms with van der Waals surface area (Å²) in [6.07, 6.45) is 6.37. The lowest BCUT2D eigenvalue weighted by atomic mass is 9.75. The van der Waals surface area contributed by atoms with Crippen LogP contribution in [-0.4, -0.2) is 29.7 Å². The number of rotatable bonds is 4. The van der Waals surface area contributed by atoms with Gasteiger partial charge in [-0.2, -0.15) is 4.52 Å². The molecule has 0 aliphatic heterocycles. The van der Waals surface area contributed by atoms with Crippen molar-refractivity contribution < 1.29 is 9.52 Å². The summed E-state index contributed by atoms with van der Waals surface area (Å²) in [4.78, 5) is 13.2. The minimum absolute atomic E-state index is 0.232. The highest BCUT2D eigenvalue weighted by Crippen LogP contribution is 2.40.